The van der Waals surface area contributed by atoms with Crippen molar-refractivity contribution < 1.29 is 27.1 Å². The topological polar surface area (TPSA) is 91.4 Å². The van der Waals surface area contributed by atoms with Crippen LogP contribution in [-0.2, 0) is 26.6 Å². The average molecular weight is 767 g/mol. The van der Waals surface area contributed by atoms with Gasteiger partial charge in [-0.3, -0.25) is 9.69 Å². The molecular weight excluding hydrogens is 715 g/mol. The maximum absolute atomic E-state index is 15.5. The summed E-state index contributed by atoms with van der Waals surface area (Å²) < 4.78 is 58.7. The minimum atomic E-state index is -3.96. The van der Waals surface area contributed by atoms with Gasteiger partial charge in [-0.05, 0) is 117 Å². The number of halogens is 2. The highest BCUT2D eigenvalue weighted by Crippen LogP contribution is 2.50. The second-order valence-electron chi connectivity index (χ2n) is 17.7. The van der Waals surface area contributed by atoms with Crippen LogP contribution < -0.4 is 14.4 Å². The summed E-state index contributed by atoms with van der Waals surface area (Å²) in [4.78, 5) is 20.9. The van der Waals surface area contributed by atoms with Gasteiger partial charge >= 0.3 is 0 Å². The molecule has 1 saturated carbocycles. The molecule has 5 heterocycles. The maximum Gasteiger partial charge on any atom is 0.264 e. The average Bonchev–Trinajstić information content (AvgIpc) is 3.21. The molecule has 8 aliphatic rings. The number of carbonyl (C=O) groups excluding carboxylic acids is 1. The zero-order chi connectivity index (χ0) is 36.9. The number of nitrogens with one attached hydrogen (secondary N) is 1. The van der Waals surface area contributed by atoms with E-state index in [2.05, 4.69) is 32.5 Å². The van der Waals surface area contributed by atoms with E-state index in [1.54, 1.807) is 31.2 Å². The summed E-state index contributed by atoms with van der Waals surface area (Å²) in [7, 11) is -1.77. The first kappa shape index (κ1) is 36.0. The molecule has 9 nitrogen and oxygen atoms in total. The first-order valence-corrected chi connectivity index (χ1v) is 21.5. The third-order valence-electron chi connectivity index (χ3n) is 14.2. The number of rotatable bonds is 4. The molecule has 3 fully saturated rings. The molecule has 0 unspecified atom stereocenters. The SMILES string of the molecule is C[C@@H]1[C@@H](C)S(=O)(=O)NC(=O)c2ccc3c(c2)N(C[C@@H]2CC[C@H]2[C@@H](OCCN2CC4(CN(C)C4)C2)C2=C[C@H]1C2)C[C@@]1(CCCc2c1ccc(Cl)c2F)CO3. The van der Waals surface area contributed by atoms with Crippen LogP contribution in [-0.4, -0.2) is 102 Å². The van der Waals surface area contributed by atoms with Crippen molar-refractivity contribution in [3.8, 4) is 5.75 Å². The molecule has 7 atom stereocenters. The third kappa shape index (κ3) is 6.21. The Kier molecular flexibility index (Phi) is 8.97. The minimum Gasteiger partial charge on any atom is -0.490 e. The number of benzene rings is 2. The number of hydrogen-bond donors (Lipinski definition) is 1. The Morgan fingerprint density at radius 2 is 1.89 bits per heavy atom. The summed E-state index contributed by atoms with van der Waals surface area (Å²) in [5, 5.41) is -0.624. The summed E-state index contributed by atoms with van der Waals surface area (Å²) in [6.07, 6.45) is 7.45. The van der Waals surface area contributed by atoms with Crippen LogP contribution >= 0.6 is 11.6 Å². The number of carbonyl (C=O) groups is 1. The number of nitrogens with zero attached hydrogens (tertiary/aromatic N) is 3. The van der Waals surface area contributed by atoms with Crippen molar-refractivity contribution in [3.63, 3.8) is 0 Å². The van der Waals surface area contributed by atoms with Crippen LogP contribution in [0.2, 0.25) is 5.02 Å². The number of allylic oxidation sites excluding steroid dienone is 1. The van der Waals surface area contributed by atoms with Gasteiger partial charge in [0.05, 0.1) is 35.3 Å². The maximum atomic E-state index is 15.5. The molecule has 3 aliphatic carbocycles. The fourth-order valence-corrected chi connectivity index (χ4v) is 12.4. The molecule has 2 aromatic rings. The lowest BCUT2D eigenvalue weighted by Crippen LogP contribution is -2.71. The largest absolute Gasteiger partial charge is 0.490 e. The van der Waals surface area contributed by atoms with Crippen LogP contribution in [0.3, 0.4) is 0 Å². The Hall–Kier alpha value is -2.70. The molecule has 0 radical (unpaired) electrons. The lowest BCUT2D eigenvalue weighted by Gasteiger charge is -2.59. The molecule has 2 aromatic carbocycles. The van der Waals surface area contributed by atoms with E-state index < -0.39 is 26.6 Å². The van der Waals surface area contributed by atoms with Gasteiger partial charge in [-0.1, -0.05) is 30.7 Å². The minimum absolute atomic E-state index is 0.0172. The van der Waals surface area contributed by atoms with Crippen LogP contribution in [0.15, 0.2) is 42.0 Å². The van der Waals surface area contributed by atoms with Crippen molar-refractivity contribution in [3.05, 3.63) is 69.5 Å². The predicted octanol–water partition coefficient (Wildman–Crippen LogP) is 5.66. The van der Waals surface area contributed by atoms with Gasteiger partial charge in [0.2, 0.25) is 10.0 Å². The van der Waals surface area contributed by atoms with Crippen molar-refractivity contribution in [1.82, 2.24) is 14.5 Å². The van der Waals surface area contributed by atoms with Gasteiger partial charge in [0.1, 0.15) is 11.6 Å². The van der Waals surface area contributed by atoms with Crippen LogP contribution in [0.25, 0.3) is 0 Å². The summed E-state index contributed by atoms with van der Waals surface area (Å²) >= 11 is 6.29. The number of hydrogen-bond acceptors (Lipinski definition) is 8. The van der Waals surface area contributed by atoms with E-state index in [0.29, 0.717) is 54.7 Å². The van der Waals surface area contributed by atoms with Gasteiger partial charge in [-0.25, -0.2) is 17.5 Å². The van der Waals surface area contributed by atoms with Gasteiger partial charge in [0.25, 0.3) is 5.91 Å². The number of anilines is 1. The predicted molar refractivity (Wildman–Crippen MR) is 204 cm³/mol. The highest BCUT2D eigenvalue weighted by atomic mass is 35.5. The van der Waals surface area contributed by atoms with E-state index in [-0.39, 0.29) is 34.3 Å². The Bertz CT molecular complexity index is 1950. The molecule has 2 spiro atoms. The molecule has 53 heavy (non-hydrogen) atoms. The molecule has 1 amide bonds. The Morgan fingerprint density at radius 3 is 2.62 bits per heavy atom. The van der Waals surface area contributed by atoms with Crippen LogP contribution in [0.4, 0.5) is 10.1 Å². The number of fused-ring (bicyclic) bond motifs is 6. The normalized spacial score (nSPS) is 34.5. The summed E-state index contributed by atoms with van der Waals surface area (Å²) in [6, 6.07) is 8.85. The first-order chi connectivity index (χ1) is 25.3. The fraction of sp³-hybridized carbons (Fsp3) is 0.634. The fourth-order valence-electron chi connectivity index (χ4n) is 10.9. The van der Waals surface area contributed by atoms with Crippen LogP contribution in [0, 0.1) is 34.9 Å². The monoisotopic (exact) mass is 766 g/mol. The van der Waals surface area contributed by atoms with Gasteiger partial charge in [0, 0.05) is 62.2 Å². The molecule has 2 saturated heterocycles. The molecule has 4 bridgehead atoms. The van der Waals surface area contributed by atoms with Gasteiger partial charge in [-0.15, -0.1) is 0 Å². The second-order valence-corrected chi connectivity index (χ2v) is 20.1. The van der Waals surface area contributed by atoms with Gasteiger partial charge in [-0.2, -0.15) is 0 Å². The van der Waals surface area contributed by atoms with Gasteiger partial charge < -0.3 is 19.3 Å². The van der Waals surface area contributed by atoms with E-state index in [1.807, 2.05) is 13.0 Å². The third-order valence-corrected chi connectivity index (χ3v) is 16.3. The second kappa shape index (κ2) is 13.2. The van der Waals surface area contributed by atoms with Crippen LogP contribution in [0.5, 0.6) is 5.75 Å². The molecule has 10 rings (SSSR count). The van der Waals surface area contributed by atoms with Crippen molar-refractivity contribution in [2.24, 2.45) is 29.1 Å². The molecule has 5 aliphatic heterocycles. The first-order valence-electron chi connectivity index (χ1n) is 19.6. The summed E-state index contributed by atoms with van der Waals surface area (Å²) in [6.45, 7) is 11.6. The highest BCUT2D eigenvalue weighted by molar-refractivity contribution is 7.90. The van der Waals surface area contributed by atoms with E-state index >= 15 is 4.39 Å². The quantitative estimate of drug-likeness (QED) is 0.400. The Morgan fingerprint density at radius 1 is 1.09 bits per heavy atom. The van der Waals surface area contributed by atoms with E-state index in [0.717, 1.165) is 69.5 Å². The molecule has 286 valence electrons. The summed E-state index contributed by atoms with van der Waals surface area (Å²) in [5.74, 6) is 0.245. The Balaban J connectivity index is 1.05. The van der Waals surface area contributed by atoms with Crippen LogP contribution in [0.1, 0.15) is 67.4 Å². The number of likely N-dealkylation sites (tertiary alicyclic amines) is 2. The van der Waals surface area contributed by atoms with Crippen molar-refractivity contribution in [2.75, 3.05) is 71.0 Å². The highest BCUT2D eigenvalue weighted by Gasteiger charge is 2.51. The molecule has 12 heteroatoms. The van der Waals surface area contributed by atoms with E-state index in [4.69, 9.17) is 21.1 Å². The molecule has 0 aromatic heterocycles. The lowest BCUT2D eigenvalue weighted by atomic mass is 9.64. The van der Waals surface area contributed by atoms with Crippen molar-refractivity contribution in [1.29, 1.82) is 0 Å². The zero-order valence-electron chi connectivity index (χ0n) is 31.1. The van der Waals surface area contributed by atoms with Crippen molar-refractivity contribution in [2.45, 2.75) is 69.1 Å². The Labute approximate surface area is 318 Å². The van der Waals surface area contributed by atoms with Gasteiger partial charge in [0.15, 0.2) is 0 Å². The zero-order valence-corrected chi connectivity index (χ0v) is 32.7. The number of sulfonamides is 1. The molecule has 1 N–H and O–H groups in total. The summed E-state index contributed by atoms with van der Waals surface area (Å²) in [5.41, 5.74) is 3.92. The smallest absolute Gasteiger partial charge is 0.264 e. The standard InChI is InChI=1S/C41H52ClFN4O5S/c1-25-26(2)53(49,50)44-39(48)27-7-11-36-35(17-27)47(23-41(24-52-36)12-4-5-32-33(41)9-10-34(42)37(32)43)18-28-6-8-31(28)38(30-15-29(25)16-30)51-14-13-46-21-40(22-46)19-45(3)20-40/h7,9-11,15,17,25-26,28-29,31,38H,4-6,8,12-14,16,18-24H2,1-3H3,(H,44,48)/t25-,26-,28+,29+,31-,38+,41+/m1/s1. The number of ether oxygens (including phenoxy) is 2. The number of amides is 1. The lowest BCUT2D eigenvalue weighted by molar-refractivity contribution is -0.116. The van der Waals surface area contributed by atoms with E-state index in [1.165, 1.54) is 18.7 Å². The van der Waals surface area contributed by atoms with Crippen molar-refractivity contribution >= 4 is 33.2 Å². The molecular formula is C41H52ClFN4O5S. The van der Waals surface area contributed by atoms with E-state index in [9.17, 15) is 13.2 Å².